The van der Waals surface area contributed by atoms with E-state index < -0.39 is 0 Å². The normalized spacial score (nSPS) is 25.9. The van der Waals surface area contributed by atoms with Gasteiger partial charge in [0.25, 0.3) is 0 Å². The zero-order valence-electron chi connectivity index (χ0n) is 8.63. The standard InChI is InChI=1S/C9H15N5O/c1-15-7-5-14(4-6(7)10)8-2-3-12-9(11)13-8/h2-3,6-7H,4-5,10H2,1H3,(H2,11,12,13)/t6-,7-/m1/s1. The molecule has 0 amide bonds. The van der Waals surface area contributed by atoms with Crippen LogP contribution in [0.25, 0.3) is 0 Å². The molecule has 0 aromatic carbocycles. The Morgan fingerprint density at radius 3 is 2.93 bits per heavy atom. The zero-order chi connectivity index (χ0) is 10.8. The predicted octanol–water partition coefficient (Wildman–Crippen LogP) is -0.779. The van der Waals surface area contributed by atoms with Gasteiger partial charge >= 0.3 is 0 Å². The lowest BCUT2D eigenvalue weighted by atomic mass is 10.2. The van der Waals surface area contributed by atoms with Gasteiger partial charge in [-0.15, -0.1) is 0 Å². The molecule has 1 saturated heterocycles. The summed E-state index contributed by atoms with van der Waals surface area (Å²) >= 11 is 0. The lowest BCUT2D eigenvalue weighted by molar-refractivity contribution is 0.108. The summed E-state index contributed by atoms with van der Waals surface area (Å²) in [6.07, 6.45) is 1.70. The van der Waals surface area contributed by atoms with Crippen molar-refractivity contribution in [3.8, 4) is 0 Å². The SMILES string of the molecule is CO[C@@H]1CN(c2ccnc(N)n2)C[C@H]1N. The van der Waals surface area contributed by atoms with Crippen molar-refractivity contribution >= 4 is 11.8 Å². The van der Waals surface area contributed by atoms with Crippen LogP contribution in [-0.2, 0) is 4.74 Å². The van der Waals surface area contributed by atoms with Crippen molar-refractivity contribution in [2.75, 3.05) is 30.8 Å². The van der Waals surface area contributed by atoms with Crippen molar-refractivity contribution in [3.05, 3.63) is 12.3 Å². The highest BCUT2D eigenvalue weighted by Crippen LogP contribution is 2.18. The van der Waals surface area contributed by atoms with Crippen LogP contribution < -0.4 is 16.4 Å². The van der Waals surface area contributed by atoms with Gasteiger partial charge in [-0.2, -0.15) is 4.98 Å². The van der Waals surface area contributed by atoms with Crippen LogP contribution in [0.1, 0.15) is 0 Å². The lowest BCUT2D eigenvalue weighted by Crippen LogP contribution is -2.34. The summed E-state index contributed by atoms with van der Waals surface area (Å²) in [6.45, 7) is 1.48. The molecule has 0 radical (unpaired) electrons. The highest BCUT2D eigenvalue weighted by molar-refractivity contribution is 5.43. The molecule has 2 rings (SSSR count). The molecule has 1 aliphatic heterocycles. The van der Waals surface area contributed by atoms with E-state index in [9.17, 15) is 0 Å². The molecule has 15 heavy (non-hydrogen) atoms. The third-order valence-electron chi connectivity index (χ3n) is 2.60. The van der Waals surface area contributed by atoms with Crippen LogP contribution in [0.2, 0.25) is 0 Å². The topological polar surface area (TPSA) is 90.3 Å². The first-order chi connectivity index (χ1) is 7.20. The molecule has 1 aromatic heterocycles. The van der Waals surface area contributed by atoms with E-state index in [1.54, 1.807) is 13.3 Å². The number of anilines is 2. The number of nitrogens with zero attached hydrogens (tertiary/aromatic N) is 3. The van der Waals surface area contributed by atoms with E-state index in [0.29, 0.717) is 0 Å². The average Bonchev–Trinajstić information content (AvgIpc) is 2.60. The summed E-state index contributed by atoms with van der Waals surface area (Å²) in [5.74, 6) is 1.08. The average molecular weight is 209 g/mol. The Balaban J connectivity index is 2.13. The van der Waals surface area contributed by atoms with E-state index in [1.165, 1.54) is 0 Å². The number of aromatic nitrogens is 2. The molecule has 0 unspecified atom stereocenters. The van der Waals surface area contributed by atoms with E-state index in [-0.39, 0.29) is 18.1 Å². The summed E-state index contributed by atoms with van der Waals surface area (Å²) in [5, 5.41) is 0. The van der Waals surface area contributed by atoms with Gasteiger partial charge in [-0.3, -0.25) is 0 Å². The molecule has 0 saturated carbocycles. The number of hydrogen-bond donors (Lipinski definition) is 2. The summed E-state index contributed by atoms with van der Waals surface area (Å²) < 4.78 is 5.26. The minimum Gasteiger partial charge on any atom is -0.378 e. The highest BCUT2D eigenvalue weighted by Gasteiger charge is 2.30. The summed E-state index contributed by atoms with van der Waals surface area (Å²) in [6, 6.07) is 1.84. The van der Waals surface area contributed by atoms with Crippen LogP contribution >= 0.6 is 0 Å². The van der Waals surface area contributed by atoms with Crippen molar-refractivity contribution < 1.29 is 4.74 Å². The Hall–Kier alpha value is -1.40. The van der Waals surface area contributed by atoms with Gasteiger partial charge < -0.3 is 21.1 Å². The number of methoxy groups -OCH3 is 1. The third kappa shape index (κ3) is 2.00. The largest absolute Gasteiger partial charge is 0.378 e. The fourth-order valence-electron chi connectivity index (χ4n) is 1.78. The van der Waals surface area contributed by atoms with Gasteiger partial charge in [-0.25, -0.2) is 4.98 Å². The molecule has 0 bridgehead atoms. The van der Waals surface area contributed by atoms with Gasteiger partial charge in [-0.05, 0) is 6.07 Å². The maximum absolute atomic E-state index is 5.91. The smallest absolute Gasteiger partial charge is 0.221 e. The number of nitrogen functional groups attached to an aromatic ring is 1. The monoisotopic (exact) mass is 209 g/mol. The molecular formula is C9H15N5O. The Bertz CT molecular complexity index is 345. The second-order valence-electron chi connectivity index (χ2n) is 3.62. The van der Waals surface area contributed by atoms with Crippen molar-refractivity contribution in [2.45, 2.75) is 12.1 Å². The maximum Gasteiger partial charge on any atom is 0.221 e. The molecule has 4 N–H and O–H groups in total. The molecule has 2 heterocycles. The van der Waals surface area contributed by atoms with Gasteiger partial charge in [0.1, 0.15) is 5.82 Å². The predicted molar refractivity (Wildman–Crippen MR) is 57.4 cm³/mol. The van der Waals surface area contributed by atoms with E-state index in [0.717, 1.165) is 18.9 Å². The van der Waals surface area contributed by atoms with Gasteiger partial charge in [0.05, 0.1) is 12.1 Å². The van der Waals surface area contributed by atoms with Gasteiger partial charge in [0.15, 0.2) is 0 Å². The van der Waals surface area contributed by atoms with Crippen molar-refractivity contribution in [3.63, 3.8) is 0 Å². The molecular weight excluding hydrogens is 194 g/mol. The van der Waals surface area contributed by atoms with Crippen LogP contribution in [0.4, 0.5) is 11.8 Å². The van der Waals surface area contributed by atoms with E-state index in [1.807, 2.05) is 6.07 Å². The second kappa shape index (κ2) is 4.00. The maximum atomic E-state index is 5.91. The van der Waals surface area contributed by atoms with E-state index in [4.69, 9.17) is 16.2 Å². The van der Waals surface area contributed by atoms with Crippen molar-refractivity contribution in [1.29, 1.82) is 0 Å². The van der Waals surface area contributed by atoms with Crippen LogP contribution in [-0.4, -0.2) is 42.3 Å². The minimum atomic E-state index is 0.0196. The van der Waals surface area contributed by atoms with Crippen LogP contribution in [0.5, 0.6) is 0 Å². The first-order valence-electron chi connectivity index (χ1n) is 4.82. The molecule has 0 spiro atoms. The van der Waals surface area contributed by atoms with Crippen molar-refractivity contribution in [2.24, 2.45) is 5.73 Å². The third-order valence-corrected chi connectivity index (χ3v) is 2.60. The minimum absolute atomic E-state index is 0.0196. The summed E-state index contributed by atoms with van der Waals surface area (Å²) in [7, 11) is 1.67. The molecule has 6 nitrogen and oxygen atoms in total. The number of nitrogens with two attached hydrogens (primary N) is 2. The van der Waals surface area contributed by atoms with E-state index >= 15 is 0 Å². The molecule has 82 valence electrons. The van der Waals surface area contributed by atoms with Gasteiger partial charge in [0, 0.05) is 26.4 Å². The number of hydrogen-bond acceptors (Lipinski definition) is 6. The van der Waals surface area contributed by atoms with Crippen LogP contribution in [0.15, 0.2) is 12.3 Å². The van der Waals surface area contributed by atoms with Crippen LogP contribution in [0.3, 0.4) is 0 Å². The molecule has 1 fully saturated rings. The summed E-state index contributed by atoms with van der Waals surface area (Å²) in [4.78, 5) is 10.0. The van der Waals surface area contributed by atoms with Gasteiger partial charge in [-0.1, -0.05) is 0 Å². The van der Waals surface area contributed by atoms with Crippen LogP contribution in [0, 0.1) is 0 Å². The van der Waals surface area contributed by atoms with Crippen molar-refractivity contribution in [1.82, 2.24) is 9.97 Å². The Kier molecular flexibility index (Phi) is 2.70. The highest BCUT2D eigenvalue weighted by atomic mass is 16.5. The summed E-state index contributed by atoms with van der Waals surface area (Å²) in [5.41, 5.74) is 11.4. The molecule has 6 heteroatoms. The second-order valence-corrected chi connectivity index (χ2v) is 3.62. The Morgan fingerprint density at radius 2 is 2.33 bits per heavy atom. The lowest BCUT2D eigenvalue weighted by Gasteiger charge is -2.16. The van der Waals surface area contributed by atoms with E-state index in [2.05, 4.69) is 14.9 Å². The zero-order valence-corrected chi connectivity index (χ0v) is 8.63. The quantitative estimate of drug-likeness (QED) is 0.664. The molecule has 0 aliphatic carbocycles. The molecule has 1 aromatic rings. The number of ether oxygens (including phenoxy) is 1. The first-order valence-corrected chi connectivity index (χ1v) is 4.82. The Morgan fingerprint density at radius 1 is 1.53 bits per heavy atom. The Labute approximate surface area is 88.2 Å². The van der Waals surface area contributed by atoms with Gasteiger partial charge in [0.2, 0.25) is 5.95 Å². The number of rotatable bonds is 2. The molecule has 2 atom stereocenters. The fraction of sp³-hybridized carbons (Fsp3) is 0.556. The molecule has 1 aliphatic rings. The first kappa shape index (κ1) is 10.1. The fourth-order valence-corrected chi connectivity index (χ4v) is 1.78.